The van der Waals surface area contributed by atoms with Crippen LogP contribution in [0, 0.1) is 0 Å². The summed E-state index contributed by atoms with van der Waals surface area (Å²) in [4.78, 5) is 0. The van der Waals surface area contributed by atoms with Gasteiger partial charge in [0.25, 0.3) is 5.92 Å². The van der Waals surface area contributed by atoms with Crippen LogP contribution >= 0.6 is 0 Å². The summed E-state index contributed by atoms with van der Waals surface area (Å²) in [6.45, 7) is 0.121. The van der Waals surface area contributed by atoms with Crippen LogP contribution in [-0.4, -0.2) is 19.8 Å². The average molecular weight is 257 g/mol. The lowest BCUT2D eigenvalue weighted by Gasteiger charge is -2.45. The van der Waals surface area contributed by atoms with Crippen LogP contribution in [0.1, 0.15) is 18.4 Å². The predicted molar refractivity (Wildman–Crippen MR) is 59.2 cm³/mol. The fraction of sp³-hybridized carbons (Fsp3) is 0.500. The minimum Gasteiger partial charge on any atom is -0.496 e. The maximum Gasteiger partial charge on any atom is 0.252 e. The van der Waals surface area contributed by atoms with E-state index in [4.69, 9.17) is 19.9 Å². The number of nitrogens with two attached hydrogens (primary N) is 1. The van der Waals surface area contributed by atoms with Crippen LogP contribution in [0.3, 0.4) is 0 Å². The van der Waals surface area contributed by atoms with Crippen molar-refractivity contribution < 1.29 is 23.0 Å². The van der Waals surface area contributed by atoms with Crippen molar-refractivity contribution in [3.8, 4) is 17.2 Å². The van der Waals surface area contributed by atoms with Crippen LogP contribution in [0.2, 0.25) is 0 Å². The Labute approximate surface area is 103 Å². The average Bonchev–Trinajstić information content (AvgIpc) is 2.71. The standard InChI is InChI=1S/C12H13F2NO3/c1-16-8-3-10-9(17-6-18-10)2-7(8)11(15)4-12(13,14)5-11/h2-3H,4-6,15H2,1H3. The molecule has 1 aromatic carbocycles. The van der Waals surface area contributed by atoms with Crippen molar-refractivity contribution >= 4 is 0 Å². The Morgan fingerprint density at radius 3 is 2.39 bits per heavy atom. The Balaban J connectivity index is 2.02. The molecule has 0 atom stereocenters. The highest BCUT2D eigenvalue weighted by molar-refractivity contribution is 5.55. The van der Waals surface area contributed by atoms with Crippen LogP contribution in [0.5, 0.6) is 17.2 Å². The van der Waals surface area contributed by atoms with E-state index in [1.54, 1.807) is 12.1 Å². The summed E-state index contributed by atoms with van der Waals surface area (Å²) in [5, 5.41) is 0. The zero-order valence-electron chi connectivity index (χ0n) is 9.83. The molecule has 1 heterocycles. The summed E-state index contributed by atoms with van der Waals surface area (Å²) in [6.07, 6.45) is -0.758. The lowest BCUT2D eigenvalue weighted by Crippen LogP contribution is -2.55. The van der Waals surface area contributed by atoms with E-state index in [-0.39, 0.29) is 19.6 Å². The number of halogens is 2. The SMILES string of the molecule is COc1cc2c(cc1C1(N)CC(F)(F)C1)OCO2. The molecule has 0 aromatic heterocycles. The Morgan fingerprint density at radius 2 is 1.83 bits per heavy atom. The molecule has 1 fully saturated rings. The van der Waals surface area contributed by atoms with Gasteiger partial charge < -0.3 is 19.9 Å². The van der Waals surface area contributed by atoms with Gasteiger partial charge in [0.15, 0.2) is 11.5 Å². The fourth-order valence-electron chi connectivity index (χ4n) is 2.54. The largest absolute Gasteiger partial charge is 0.496 e. The van der Waals surface area contributed by atoms with Gasteiger partial charge in [0.1, 0.15) is 5.75 Å². The normalized spacial score (nSPS) is 22.4. The van der Waals surface area contributed by atoms with Crippen molar-refractivity contribution in [3.05, 3.63) is 17.7 Å². The lowest BCUT2D eigenvalue weighted by molar-refractivity contribution is -0.125. The first-order valence-electron chi connectivity index (χ1n) is 5.58. The van der Waals surface area contributed by atoms with Gasteiger partial charge in [-0.2, -0.15) is 0 Å². The molecule has 0 amide bonds. The van der Waals surface area contributed by atoms with Crippen molar-refractivity contribution in [3.63, 3.8) is 0 Å². The summed E-state index contributed by atoms with van der Waals surface area (Å²) >= 11 is 0. The Kier molecular flexibility index (Phi) is 2.22. The van der Waals surface area contributed by atoms with Crippen molar-refractivity contribution in [2.24, 2.45) is 5.73 Å². The number of benzene rings is 1. The second-order valence-electron chi connectivity index (χ2n) is 4.77. The summed E-state index contributed by atoms with van der Waals surface area (Å²) in [7, 11) is 1.47. The minimum absolute atomic E-state index is 0.121. The maximum atomic E-state index is 13.1. The van der Waals surface area contributed by atoms with Gasteiger partial charge >= 0.3 is 0 Å². The van der Waals surface area contributed by atoms with E-state index in [1.807, 2.05) is 0 Å². The molecule has 18 heavy (non-hydrogen) atoms. The zero-order chi connectivity index (χ0) is 13.0. The highest BCUT2D eigenvalue weighted by atomic mass is 19.3. The molecular weight excluding hydrogens is 244 g/mol. The molecule has 0 unspecified atom stereocenters. The summed E-state index contributed by atoms with van der Waals surface area (Å²) in [5.74, 6) is -1.18. The molecule has 1 aromatic rings. The quantitative estimate of drug-likeness (QED) is 0.880. The van der Waals surface area contributed by atoms with Crippen LogP contribution in [0.4, 0.5) is 8.78 Å². The number of alkyl halides is 2. The van der Waals surface area contributed by atoms with Gasteiger partial charge in [0.05, 0.1) is 12.6 Å². The highest BCUT2D eigenvalue weighted by Crippen LogP contribution is 2.53. The molecule has 98 valence electrons. The van der Waals surface area contributed by atoms with Crippen LogP contribution in [-0.2, 0) is 5.54 Å². The lowest BCUT2D eigenvalue weighted by atomic mass is 9.69. The van der Waals surface area contributed by atoms with Crippen molar-refractivity contribution in [1.82, 2.24) is 0 Å². The number of fused-ring (bicyclic) bond motifs is 1. The molecule has 3 rings (SSSR count). The van der Waals surface area contributed by atoms with E-state index < -0.39 is 11.5 Å². The number of rotatable bonds is 2. The first-order chi connectivity index (χ1) is 8.43. The summed E-state index contributed by atoms with van der Waals surface area (Å²) < 4.78 is 41.7. The highest BCUT2D eigenvalue weighted by Gasteiger charge is 2.56. The Bertz CT molecular complexity index is 496. The van der Waals surface area contributed by atoms with Crippen molar-refractivity contribution in [2.75, 3.05) is 13.9 Å². The smallest absolute Gasteiger partial charge is 0.252 e. The van der Waals surface area contributed by atoms with E-state index in [2.05, 4.69) is 0 Å². The number of ether oxygens (including phenoxy) is 3. The monoisotopic (exact) mass is 257 g/mol. The first-order valence-corrected chi connectivity index (χ1v) is 5.58. The molecule has 2 aliphatic rings. The first kappa shape index (κ1) is 11.5. The van der Waals surface area contributed by atoms with Gasteiger partial charge in [-0.15, -0.1) is 0 Å². The number of hydrogen-bond acceptors (Lipinski definition) is 4. The molecule has 6 heteroatoms. The molecule has 1 saturated carbocycles. The Morgan fingerprint density at radius 1 is 1.22 bits per heavy atom. The molecule has 0 spiro atoms. The third kappa shape index (κ3) is 1.59. The van der Waals surface area contributed by atoms with Gasteiger partial charge in [-0.1, -0.05) is 0 Å². The van der Waals surface area contributed by atoms with E-state index in [0.29, 0.717) is 22.8 Å². The fourth-order valence-corrected chi connectivity index (χ4v) is 2.54. The topological polar surface area (TPSA) is 53.7 Å². The number of methoxy groups -OCH3 is 1. The zero-order valence-corrected chi connectivity index (χ0v) is 9.83. The van der Waals surface area contributed by atoms with E-state index >= 15 is 0 Å². The van der Waals surface area contributed by atoms with Crippen LogP contribution in [0.25, 0.3) is 0 Å². The van der Waals surface area contributed by atoms with Gasteiger partial charge in [-0.05, 0) is 6.07 Å². The third-order valence-electron chi connectivity index (χ3n) is 3.38. The molecule has 4 nitrogen and oxygen atoms in total. The summed E-state index contributed by atoms with van der Waals surface area (Å²) in [6, 6.07) is 3.26. The second-order valence-corrected chi connectivity index (χ2v) is 4.77. The molecule has 0 bridgehead atoms. The van der Waals surface area contributed by atoms with Crippen molar-refractivity contribution in [1.29, 1.82) is 0 Å². The molecule has 1 aliphatic heterocycles. The molecule has 0 saturated heterocycles. The number of hydrogen-bond donors (Lipinski definition) is 1. The van der Waals surface area contributed by atoms with Crippen molar-refractivity contribution in [2.45, 2.75) is 24.3 Å². The van der Waals surface area contributed by atoms with E-state index in [9.17, 15) is 8.78 Å². The summed E-state index contributed by atoms with van der Waals surface area (Å²) in [5.41, 5.74) is 5.50. The van der Waals surface area contributed by atoms with E-state index in [0.717, 1.165) is 0 Å². The second kappa shape index (κ2) is 3.47. The molecule has 0 radical (unpaired) electrons. The van der Waals surface area contributed by atoms with Gasteiger partial charge in [-0.3, -0.25) is 0 Å². The van der Waals surface area contributed by atoms with E-state index in [1.165, 1.54) is 7.11 Å². The van der Waals surface area contributed by atoms with Crippen LogP contribution in [0.15, 0.2) is 12.1 Å². The van der Waals surface area contributed by atoms with Crippen LogP contribution < -0.4 is 19.9 Å². The van der Waals surface area contributed by atoms with Gasteiger partial charge in [0, 0.05) is 24.5 Å². The Hall–Kier alpha value is -1.56. The molecule has 1 aliphatic carbocycles. The minimum atomic E-state index is -2.70. The molecular formula is C12H13F2NO3. The molecule has 2 N–H and O–H groups in total. The van der Waals surface area contributed by atoms with Gasteiger partial charge in [0.2, 0.25) is 6.79 Å². The third-order valence-corrected chi connectivity index (χ3v) is 3.38. The maximum absolute atomic E-state index is 13.1. The predicted octanol–water partition coefficient (Wildman–Crippen LogP) is 2.01. The van der Waals surface area contributed by atoms with Gasteiger partial charge in [-0.25, -0.2) is 8.78 Å².